The molecule has 2 aliphatic heterocycles. The molecule has 2 fully saturated rings. The minimum atomic E-state index is -0.359. The lowest BCUT2D eigenvalue weighted by Gasteiger charge is -2.29. The summed E-state index contributed by atoms with van der Waals surface area (Å²) in [5, 5.41) is 2.97. The Morgan fingerprint density at radius 1 is 1.30 bits per heavy atom. The molecule has 5 heteroatoms. The Morgan fingerprint density at radius 3 is 2.57 bits per heavy atom. The molecule has 2 atom stereocenters. The lowest BCUT2D eigenvalue weighted by molar-refractivity contribution is -0.135. The van der Waals surface area contributed by atoms with Gasteiger partial charge in [-0.2, -0.15) is 0 Å². The molecule has 1 aromatic rings. The standard InChI is InChI=1S/C18H24N2O2S/c1-17(2,3)12-5-7-13(8-6-12)19-16(22)14-11-23-18(4)10-9-15(21)20(14)18/h5-8,14H,9-11H2,1-4H3,(H,19,22)/t14-,18-/m1/s1. The number of benzene rings is 1. The zero-order valence-corrected chi connectivity index (χ0v) is 15.0. The fraction of sp³-hybridized carbons (Fsp3) is 0.556. The molecular formula is C18H24N2O2S. The van der Waals surface area contributed by atoms with Gasteiger partial charge in [0.15, 0.2) is 0 Å². The van der Waals surface area contributed by atoms with Gasteiger partial charge in [0.25, 0.3) is 0 Å². The largest absolute Gasteiger partial charge is 0.324 e. The van der Waals surface area contributed by atoms with E-state index in [1.165, 1.54) is 5.56 Å². The monoisotopic (exact) mass is 332 g/mol. The van der Waals surface area contributed by atoms with Crippen LogP contribution < -0.4 is 5.32 Å². The molecule has 0 aromatic heterocycles. The molecule has 2 amide bonds. The molecule has 1 N–H and O–H groups in total. The van der Waals surface area contributed by atoms with Gasteiger partial charge in [0.2, 0.25) is 11.8 Å². The Labute approximate surface area is 142 Å². The average Bonchev–Trinajstić information content (AvgIpc) is 2.96. The zero-order valence-electron chi connectivity index (χ0n) is 14.2. The van der Waals surface area contributed by atoms with Crippen molar-refractivity contribution in [2.75, 3.05) is 11.1 Å². The summed E-state index contributed by atoms with van der Waals surface area (Å²) < 4.78 is 0. The SMILES string of the molecule is CC(C)(C)c1ccc(NC(=O)[C@H]2CS[C@]3(C)CCC(=O)N23)cc1. The van der Waals surface area contributed by atoms with Gasteiger partial charge in [-0.3, -0.25) is 9.59 Å². The number of fused-ring (bicyclic) bond motifs is 1. The molecule has 0 unspecified atom stereocenters. The van der Waals surface area contributed by atoms with E-state index in [1.807, 2.05) is 24.3 Å². The second-order valence-electron chi connectivity index (χ2n) is 7.58. The third-order valence-electron chi connectivity index (χ3n) is 4.77. The number of carbonyl (C=O) groups excluding carboxylic acids is 2. The number of nitrogens with zero attached hydrogens (tertiary/aromatic N) is 1. The lowest BCUT2D eigenvalue weighted by atomic mass is 9.87. The van der Waals surface area contributed by atoms with Crippen molar-refractivity contribution in [1.82, 2.24) is 4.90 Å². The Morgan fingerprint density at radius 2 is 1.96 bits per heavy atom. The first-order valence-corrected chi connectivity index (χ1v) is 9.07. The van der Waals surface area contributed by atoms with Gasteiger partial charge in [0, 0.05) is 17.9 Å². The minimum Gasteiger partial charge on any atom is -0.324 e. The molecule has 23 heavy (non-hydrogen) atoms. The van der Waals surface area contributed by atoms with Gasteiger partial charge in [-0.05, 0) is 36.5 Å². The molecule has 0 saturated carbocycles. The predicted molar refractivity (Wildman–Crippen MR) is 94.5 cm³/mol. The molecule has 124 valence electrons. The number of thioether (sulfide) groups is 1. The number of amides is 2. The molecule has 0 spiro atoms. The Bertz CT molecular complexity index is 635. The number of hydrogen-bond donors (Lipinski definition) is 1. The van der Waals surface area contributed by atoms with E-state index in [9.17, 15) is 9.59 Å². The van der Waals surface area contributed by atoms with Crippen molar-refractivity contribution >= 4 is 29.3 Å². The molecule has 2 heterocycles. The van der Waals surface area contributed by atoms with Crippen LogP contribution in [-0.4, -0.2) is 33.4 Å². The number of carbonyl (C=O) groups is 2. The van der Waals surface area contributed by atoms with Crippen LogP contribution in [0.4, 0.5) is 5.69 Å². The maximum Gasteiger partial charge on any atom is 0.248 e. The molecule has 0 aliphatic carbocycles. The van der Waals surface area contributed by atoms with Crippen LogP contribution in [0.5, 0.6) is 0 Å². The molecule has 3 rings (SSSR count). The zero-order chi connectivity index (χ0) is 16.8. The average molecular weight is 332 g/mol. The summed E-state index contributed by atoms with van der Waals surface area (Å²) in [5.41, 5.74) is 2.11. The van der Waals surface area contributed by atoms with Crippen LogP contribution in [0.1, 0.15) is 46.1 Å². The van der Waals surface area contributed by atoms with Gasteiger partial charge < -0.3 is 10.2 Å². The number of nitrogens with one attached hydrogen (secondary N) is 1. The maximum atomic E-state index is 12.6. The van der Waals surface area contributed by atoms with Crippen LogP contribution in [-0.2, 0) is 15.0 Å². The van der Waals surface area contributed by atoms with Crippen molar-refractivity contribution in [3.05, 3.63) is 29.8 Å². The molecule has 0 bridgehead atoms. The summed E-state index contributed by atoms with van der Waals surface area (Å²) in [6.07, 6.45) is 1.38. The number of anilines is 1. The molecule has 2 saturated heterocycles. The van der Waals surface area contributed by atoms with Crippen molar-refractivity contribution in [2.24, 2.45) is 0 Å². The van der Waals surface area contributed by atoms with Crippen molar-refractivity contribution in [3.8, 4) is 0 Å². The third-order valence-corrected chi connectivity index (χ3v) is 6.27. The van der Waals surface area contributed by atoms with Gasteiger partial charge in [0.05, 0.1) is 4.87 Å². The van der Waals surface area contributed by atoms with E-state index in [-0.39, 0.29) is 28.1 Å². The Balaban J connectivity index is 1.71. The Hall–Kier alpha value is -1.49. The third kappa shape index (κ3) is 2.99. The van der Waals surface area contributed by atoms with E-state index < -0.39 is 0 Å². The van der Waals surface area contributed by atoms with Gasteiger partial charge in [-0.15, -0.1) is 11.8 Å². The smallest absolute Gasteiger partial charge is 0.248 e. The van der Waals surface area contributed by atoms with E-state index in [4.69, 9.17) is 0 Å². The van der Waals surface area contributed by atoms with E-state index >= 15 is 0 Å². The van der Waals surface area contributed by atoms with Crippen molar-refractivity contribution in [2.45, 2.75) is 56.9 Å². The van der Waals surface area contributed by atoms with Crippen LogP contribution in [0.15, 0.2) is 24.3 Å². The second-order valence-corrected chi connectivity index (χ2v) is 9.08. The summed E-state index contributed by atoms with van der Waals surface area (Å²) in [4.78, 5) is 26.3. The van der Waals surface area contributed by atoms with Crippen LogP contribution in [0.25, 0.3) is 0 Å². The fourth-order valence-corrected chi connectivity index (χ4v) is 4.73. The highest BCUT2D eigenvalue weighted by Gasteiger charge is 2.52. The van der Waals surface area contributed by atoms with Crippen LogP contribution in [0, 0.1) is 0 Å². The first-order chi connectivity index (χ1) is 10.7. The highest BCUT2D eigenvalue weighted by molar-refractivity contribution is 8.01. The minimum absolute atomic E-state index is 0.0833. The van der Waals surface area contributed by atoms with E-state index in [1.54, 1.807) is 16.7 Å². The highest BCUT2D eigenvalue weighted by Crippen LogP contribution is 2.47. The topological polar surface area (TPSA) is 49.4 Å². The van der Waals surface area contributed by atoms with Gasteiger partial charge in [-0.25, -0.2) is 0 Å². The molecule has 1 aromatic carbocycles. The van der Waals surface area contributed by atoms with Crippen molar-refractivity contribution < 1.29 is 9.59 Å². The van der Waals surface area contributed by atoms with Gasteiger partial charge in [-0.1, -0.05) is 32.9 Å². The summed E-state index contributed by atoms with van der Waals surface area (Å²) in [6, 6.07) is 7.60. The first kappa shape index (κ1) is 16.4. The normalized spacial score (nSPS) is 27.2. The van der Waals surface area contributed by atoms with Crippen molar-refractivity contribution in [1.29, 1.82) is 0 Å². The highest BCUT2D eigenvalue weighted by atomic mass is 32.2. The molecule has 4 nitrogen and oxygen atoms in total. The molecular weight excluding hydrogens is 308 g/mol. The van der Waals surface area contributed by atoms with Crippen LogP contribution in [0.2, 0.25) is 0 Å². The van der Waals surface area contributed by atoms with E-state index in [2.05, 4.69) is 33.0 Å². The van der Waals surface area contributed by atoms with E-state index in [0.29, 0.717) is 12.2 Å². The van der Waals surface area contributed by atoms with Gasteiger partial charge in [0.1, 0.15) is 6.04 Å². The quantitative estimate of drug-likeness (QED) is 0.903. The van der Waals surface area contributed by atoms with Crippen LogP contribution >= 0.6 is 11.8 Å². The first-order valence-electron chi connectivity index (χ1n) is 8.08. The fourth-order valence-electron chi connectivity index (χ4n) is 3.29. The number of rotatable bonds is 2. The molecule has 0 radical (unpaired) electrons. The maximum absolute atomic E-state index is 12.6. The van der Waals surface area contributed by atoms with Crippen molar-refractivity contribution in [3.63, 3.8) is 0 Å². The van der Waals surface area contributed by atoms with Crippen LogP contribution in [0.3, 0.4) is 0 Å². The summed E-state index contributed by atoms with van der Waals surface area (Å²) in [5.74, 6) is 0.689. The summed E-state index contributed by atoms with van der Waals surface area (Å²) >= 11 is 1.72. The second kappa shape index (κ2) is 5.55. The Kier molecular flexibility index (Phi) is 3.95. The molecule has 2 aliphatic rings. The lowest BCUT2D eigenvalue weighted by Crippen LogP contribution is -2.48. The van der Waals surface area contributed by atoms with Gasteiger partial charge >= 0.3 is 0 Å². The summed E-state index contributed by atoms with van der Waals surface area (Å²) in [6.45, 7) is 8.55. The van der Waals surface area contributed by atoms with E-state index in [0.717, 1.165) is 12.1 Å². The number of hydrogen-bond acceptors (Lipinski definition) is 3. The predicted octanol–water partition coefficient (Wildman–Crippen LogP) is 3.38. The summed E-state index contributed by atoms with van der Waals surface area (Å²) in [7, 11) is 0.